The zero-order chi connectivity index (χ0) is 16.9. The van der Waals surface area contributed by atoms with E-state index in [1.807, 2.05) is 0 Å². The van der Waals surface area contributed by atoms with Crippen molar-refractivity contribution < 1.29 is 9.21 Å². The summed E-state index contributed by atoms with van der Waals surface area (Å²) in [5.41, 5.74) is 6.32. The Balaban J connectivity index is 2.18. The lowest BCUT2D eigenvalue weighted by Crippen LogP contribution is -2.25. The number of aromatic nitrogens is 1. The van der Waals surface area contributed by atoms with Crippen LogP contribution in [0.15, 0.2) is 10.7 Å². The average Bonchev–Trinajstić information content (AvgIpc) is 3.05. The molecule has 0 aliphatic heterocycles. The second-order valence-corrected chi connectivity index (χ2v) is 6.20. The van der Waals surface area contributed by atoms with E-state index in [-0.39, 0.29) is 11.9 Å². The van der Waals surface area contributed by atoms with Crippen LogP contribution in [0, 0.1) is 0 Å². The first-order chi connectivity index (χ1) is 11.2. The van der Waals surface area contributed by atoms with Crippen molar-refractivity contribution in [2.24, 2.45) is 5.73 Å². The Morgan fingerprint density at radius 3 is 2.48 bits per heavy atom. The molecule has 0 aromatic carbocycles. The third-order valence-electron chi connectivity index (χ3n) is 4.01. The van der Waals surface area contributed by atoms with Gasteiger partial charge in [0.1, 0.15) is 6.26 Å². The van der Waals surface area contributed by atoms with Gasteiger partial charge in [-0.05, 0) is 12.8 Å². The number of nitrogens with zero attached hydrogens (tertiary/aromatic N) is 1. The summed E-state index contributed by atoms with van der Waals surface area (Å²) >= 11 is 0. The van der Waals surface area contributed by atoms with E-state index < -0.39 is 0 Å². The van der Waals surface area contributed by atoms with Crippen molar-refractivity contribution in [1.29, 1.82) is 0 Å². The Morgan fingerprint density at radius 1 is 1.13 bits per heavy atom. The van der Waals surface area contributed by atoms with E-state index in [1.54, 1.807) is 0 Å². The van der Waals surface area contributed by atoms with Crippen LogP contribution in [0.3, 0.4) is 0 Å². The maximum Gasteiger partial charge on any atom is 0.273 e. The van der Waals surface area contributed by atoms with E-state index in [9.17, 15) is 4.79 Å². The molecule has 23 heavy (non-hydrogen) atoms. The van der Waals surface area contributed by atoms with Gasteiger partial charge in [-0.25, -0.2) is 4.98 Å². The molecule has 0 bridgehead atoms. The van der Waals surface area contributed by atoms with E-state index in [0.29, 0.717) is 18.1 Å². The minimum absolute atomic E-state index is 0.173. The molecule has 1 aromatic heterocycles. The molecule has 0 saturated carbocycles. The van der Waals surface area contributed by atoms with Crippen LogP contribution in [-0.4, -0.2) is 17.4 Å². The maximum absolute atomic E-state index is 12.0. The fourth-order valence-electron chi connectivity index (χ4n) is 2.48. The number of amides is 1. The van der Waals surface area contributed by atoms with Gasteiger partial charge in [0.25, 0.3) is 5.91 Å². The summed E-state index contributed by atoms with van der Waals surface area (Å²) in [4.78, 5) is 16.2. The molecular weight excluding hydrogens is 290 g/mol. The van der Waals surface area contributed by atoms with Crippen LogP contribution in [0.4, 0.5) is 0 Å². The molecule has 5 heteroatoms. The molecular formula is C18H33N3O2. The molecule has 1 heterocycles. The van der Waals surface area contributed by atoms with E-state index in [2.05, 4.69) is 24.1 Å². The molecule has 1 rings (SSSR count). The zero-order valence-corrected chi connectivity index (χ0v) is 14.8. The molecule has 0 aliphatic rings. The van der Waals surface area contributed by atoms with E-state index >= 15 is 0 Å². The van der Waals surface area contributed by atoms with E-state index in [4.69, 9.17) is 10.2 Å². The Bertz CT molecular complexity index is 432. The number of unbranched alkanes of at least 4 members (excludes halogenated alkanes) is 7. The minimum atomic E-state index is -0.223. The molecule has 0 fully saturated rings. The van der Waals surface area contributed by atoms with Crippen LogP contribution in [0.1, 0.15) is 100 Å². The topological polar surface area (TPSA) is 81.2 Å². The Kier molecular flexibility index (Phi) is 10.4. The van der Waals surface area contributed by atoms with Gasteiger partial charge in [-0.2, -0.15) is 0 Å². The molecule has 1 aromatic rings. The monoisotopic (exact) mass is 323 g/mol. The van der Waals surface area contributed by atoms with Gasteiger partial charge < -0.3 is 15.5 Å². The van der Waals surface area contributed by atoms with Crippen molar-refractivity contribution in [1.82, 2.24) is 10.3 Å². The van der Waals surface area contributed by atoms with Crippen LogP contribution >= 0.6 is 0 Å². The molecule has 0 saturated heterocycles. The summed E-state index contributed by atoms with van der Waals surface area (Å²) in [6.07, 6.45) is 13.0. The first kappa shape index (κ1) is 19.7. The van der Waals surface area contributed by atoms with Gasteiger partial charge in [-0.1, -0.05) is 65.2 Å². The standard InChI is InChI=1S/C18H33N3O2/c1-3-5-7-8-9-10-11-13-20-17(22)16-14-23-18(21-16)15(19)12-6-4-2/h14-15H,3-13,19H2,1-2H3,(H,20,22). The van der Waals surface area contributed by atoms with Crippen LogP contribution in [0.25, 0.3) is 0 Å². The summed E-state index contributed by atoms with van der Waals surface area (Å²) in [6.45, 7) is 5.03. The molecule has 1 unspecified atom stereocenters. The van der Waals surface area contributed by atoms with E-state index in [1.165, 1.54) is 38.4 Å². The number of rotatable bonds is 13. The van der Waals surface area contributed by atoms with Crippen molar-refractivity contribution in [3.05, 3.63) is 17.8 Å². The lowest BCUT2D eigenvalue weighted by molar-refractivity contribution is 0.0948. The maximum atomic E-state index is 12.0. The SMILES string of the molecule is CCCCCCCCCNC(=O)c1coc(C(N)CCCC)n1. The molecule has 3 N–H and O–H groups in total. The summed E-state index contributed by atoms with van der Waals surface area (Å²) in [5.74, 6) is 0.285. The molecule has 0 spiro atoms. The number of carbonyl (C=O) groups excluding carboxylic acids is 1. The molecule has 132 valence electrons. The van der Waals surface area contributed by atoms with E-state index in [0.717, 1.165) is 32.1 Å². The highest BCUT2D eigenvalue weighted by Crippen LogP contribution is 2.16. The van der Waals surface area contributed by atoms with Gasteiger partial charge in [0.05, 0.1) is 6.04 Å². The van der Waals surface area contributed by atoms with Crippen LogP contribution in [-0.2, 0) is 0 Å². The summed E-state index contributed by atoms with van der Waals surface area (Å²) < 4.78 is 5.33. The second kappa shape index (κ2) is 12.1. The molecule has 0 radical (unpaired) electrons. The number of nitrogens with two attached hydrogens (primary N) is 1. The minimum Gasteiger partial charge on any atom is -0.446 e. The van der Waals surface area contributed by atoms with Crippen molar-refractivity contribution >= 4 is 5.91 Å². The van der Waals surface area contributed by atoms with Crippen molar-refractivity contribution in [3.63, 3.8) is 0 Å². The molecule has 5 nitrogen and oxygen atoms in total. The normalized spacial score (nSPS) is 12.3. The second-order valence-electron chi connectivity index (χ2n) is 6.20. The lowest BCUT2D eigenvalue weighted by atomic mass is 10.1. The average molecular weight is 323 g/mol. The fourth-order valence-corrected chi connectivity index (χ4v) is 2.48. The van der Waals surface area contributed by atoms with Crippen LogP contribution in [0.2, 0.25) is 0 Å². The Morgan fingerprint density at radius 2 is 1.78 bits per heavy atom. The number of oxazole rings is 1. The summed E-state index contributed by atoms with van der Waals surface area (Å²) in [5, 5.41) is 2.89. The van der Waals surface area contributed by atoms with Gasteiger partial charge >= 0.3 is 0 Å². The summed E-state index contributed by atoms with van der Waals surface area (Å²) in [6, 6.07) is -0.223. The van der Waals surface area contributed by atoms with Gasteiger partial charge in [-0.15, -0.1) is 0 Å². The number of nitrogens with one attached hydrogen (secondary N) is 1. The zero-order valence-electron chi connectivity index (χ0n) is 14.8. The highest BCUT2D eigenvalue weighted by molar-refractivity contribution is 5.91. The van der Waals surface area contributed by atoms with Crippen LogP contribution in [0.5, 0.6) is 0 Å². The van der Waals surface area contributed by atoms with Gasteiger partial charge in [0, 0.05) is 6.54 Å². The summed E-state index contributed by atoms with van der Waals surface area (Å²) in [7, 11) is 0. The Hall–Kier alpha value is -1.36. The molecule has 0 aliphatic carbocycles. The third kappa shape index (κ3) is 8.16. The van der Waals surface area contributed by atoms with Gasteiger partial charge in [0.2, 0.25) is 5.89 Å². The highest BCUT2D eigenvalue weighted by atomic mass is 16.3. The lowest BCUT2D eigenvalue weighted by Gasteiger charge is -2.05. The number of hydrogen-bond acceptors (Lipinski definition) is 4. The predicted molar refractivity (Wildman–Crippen MR) is 93.3 cm³/mol. The first-order valence-corrected chi connectivity index (χ1v) is 9.18. The molecule has 1 atom stereocenters. The fraction of sp³-hybridized carbons (Fsp3) is 0.778. The van der Waals surface area contributed by atoms with Crippen molar-refractivity contribution in [2.45, 2.75) is 84.1 Å². The van der Waals surface area contributed by atoms with Crippen molar-refractivity contribution in [2.75, 3.05) is 6.54 Å². The Labute approximate surface area is 140 Å². The number of carbonyl (C=O) groups is 1. The first-order valence-electron chi connectivity index (χ1n) is 9.18. The third-order valence-corrected chi connectivity index (χ3v) is 4.01. The largest absolute Gasteiger partial charge is 0.446 e. The van der Waals surface area contributed by atoms with Gasteiger partial charge in [-0.3, -0.25) is 4.79 Å². The van der Waals surface area contributed by atoms with Gasteiger partial charge in [0.15, 0.2) is 5.69 Å². The smallest absolute Gasteiger partial charge is 0.273 e. The quantitative estimate of drug-likeness (QED) is 0.529. The van der Waals surface area contributed by atoms with Crippen LogP contribution < -0.4 is 11.1 Å². The number of hydrogen-bond donors (Lipinski definition) is 2. The molecule has 1 amide bonds. The van der Waals surface area contributed by atoms with Crippen molar-refractivity contribution in [3.8, 4) is 0 Å². The predicted octanol–water partition coefficient (Wildman–Crippen LogP) is 4.35. The highest BCUT2D eigenvalue weighted by Gasteiger charge is 2.16.